The molecule has 2 aromatic carbocycles. The second-order valence-corrected chi connectivity index (χ2v) is 5.98. The molecule has 0 unspecified atom stereocenters. The fraction of sp³-hybridized carbons (Fsp3) is 0.0769. The summed E-state index contributed by atoms with van der Waals surface area (Å²) >= 11 is 0. The Labute approximate surface area is 95.3 Å². The number of hydrogen-bond donors (Lipinski definition) is 0. The standard InChI is InChI=1S/C13H13O2P/c1-16(14,13-10-6-3-7-11-13)15-12-8-4-2-5-9-12/h2-11H,1H3/t16-/m1/s1. The predicted molar refractivity (Wildman–Crippen MR) is 66.7 cm³/mol. The van der Waals surface area contributed by atoms with Gasteiger partial charge in [-0.1, -0.05) is 36.4 Å². The van der Waals surface area contributed by atoms with Gasteiger partial charge in [-0.05, 0) is 24.3 Å². The summed E-state index contributed by atoms with van der Waals surface area (Å²) in [5.41, 5.74) is 0. The lowest BCUT2D eigenvalue weighted by atomic mass is 10.3. The average molecular weight is 232 g/mol. The molecular formula is C13H13O2P. The van der Waals surface area contributed by atoms with Crippen LogP contribution in [0.5, 0.6) is 5.75 Å². The third kappa shape index (κ3) is 2.53. The van der Waals surface area contributed by atoms with E-state index in [1.807, 2.05) is 48.5 Å². The minimum Gasteiger partial charge on any atom is -0.440 e. The second-order valence-electron chi connectivity index (χ2n) is 3.59. The van der Waals surface area contributed by atoms with Gasteiger partial charge in [0, 0.05) is 12.0 Å². The summed E-state index contributed by atoms with van der Waals surface area (Å²) in [6.07, 6.45) is 0. The van der Waals surface area contributed by atoms with E-state index < -0.39 is 7.37 Å². The van der Waals surface area contributed by atoms with Crippen LogP contribution in [0.15, 0.2) is 60.7 Å². The maximum atomic E-state index is 12.4. The van der Waals surface area contributed by atoms with Crippen LogP contribution in [0.3, 0.4) is 0 Å². The van der Waals surface area contributed by atoms with Crippen molar-refractivity contribution in [1.29, 1.82) is 0 Å². The molecule has 0 bridgehead atoms. The van der Waals surface area contributed by atoms with Crippen LogP contribution in [0.4, 0.5) is 0 Å². The predicted octanol–water partition coefficient (Wildman–Crippen LogP) is 3.30. The summed E-state index contributed by atoms with van der Waals surface area (Å²) in [4.78, 5) is 0. The molecule has 0 saturated carbocycles. The van der Waals surface area contributed by atoms with Gasteiger partial charge in [-0.3, -0.25) is 4.57 Å². The van der Waals surface area contributed by atoms with Gasteiger partial charge in [0.15, 0.2) is 0 Å². The highest BCUT2D eigenvalue weighted by Crippen LogP contribution is 2.41. The van der Waals surface area contributed by atoms with E-state index in [9.17, 15) is 4.57 Å². The smallest absolute Gasteiger partial charge is 0.274 e. The zero-order chi connectivity index (χ0) is 11.4. The summed E-state index contributed by atoms with van der Waals surface area (Å²) in [5.74, 6) is 0.636. The third-order valence-corrected chi connectivity index (χ3v) is 4.04. The van der Waals surface area contributed by atoms with Crippen molar-refractivity contribution in [1.82, 2.24) is 0 Å². The lowest BCUT2D eigenvalue weighted by molar-refractivity contribution is 0.498. The molecule has 0 N–H and O–H groups in total. The topological polar surface area (TPSA) is 26.3 Å². The van der Waals surface area contributed by atoms with Crippen LogP contribution in [0.25, 0.3) is 0 Å². The summed E-state index contributed by atoms with van der Waals surface area (Å²) in [6, 6.07) is 18.5. The first kappa shape index (κ1) is 11.0. The Morgan fingerprint density at radius 1 is 0.875 bits per heavy atom. The summed E-state index contributed by atoms with van der Waals surface area (Å²) in [6.45, 7) is 1.63. The molecule has 0 aromatic heterocycles. The quantitative estimate of drug-likeness (QED) is 0.759. The number of rotatable bonds is 3. The third-order valence-electron chi connectivity index (χ3n) is 2.25. The molecule has 82 valence electrons. The first-order valence-electron chi connectivity index (χ1n) is 5.06. The Bertz CT molecular complexity index is 494. The zero-order valence-electron chi connectivity index (χ0n) is 9.04. The molecule has 0 heterocycles. The molecule has 0 fully saturated rings. The monoisotopic (exact) mass is 232 g/mol. The molecule has 2 aromatic rings. The van der Waals surface area contributed by atoms with Crippen LogP contribution in [-0.4, -0.2) is 6.66 Å². The molecule has 0 aliphatic rings. The van der Waals surface area contributed by atoms with E-state index in [2.05, 4.69) is 0 Å². The molecule has 16 heavy (non-hydrogen) atoms. The van der Waals surface area contributed by atoms with Gasteiger partial charge in [0.05, 0.1) is 0 Å². The van der Waals surface area contributed by atoms with E-state index in [1.54, 1.807) is 18.8 Å². The van der Waals surface area contributed by atoms with Crippen LogP contribution in [0.2, 0.25) is 0 Å². The highest BCUT2D eigenvalue weighted by Gasteiger charge is 2.19. The zero-order valence-corrected chi connectivity index (χ0v) is 9.93. The molecule has 3 heteroatoms. The normalized spacial score (nSPS) is 14.1. The summed E-state index contributed by atoms with van der Waals surface area (Å²) in [5, 5.41) is 0.735. The van der Waals surface area contributed by atoms with E-state index >= 15 is 0 Å². The van der Waals surface area contributed by atoms with Crippen molar-refractivity contribution < 1.29 is 9.09 Å². The SMILES string of the molecule is C[P@@](=O)(Oc1ccccc1)c1ccccc1. The molecule has 0 aliphatic heterocycles. The van der Waals surface area contributed by atoms with Gasteiger partial charge in [-0.2, -0.15) is 0 Å². The highest BCUT2D eigenvalue weighted by atomic mass is 31.2. The molecule has 2 rings (SSSR count). The van der Waals surface area contributed by atoms with Gasteiger partial charge in [-0.25, -0.2) is 0 Å². The van der Waals surface area contributed by atoms with Gasteiger partial charge in [0.25, 0.3) is 7.37 Å². The summed E-state index contributed by atoms with van der Waals surface area (Å²) < 4.78 is 17.9. The van der Waals surface area contributed by atoms with Crippen molar-refractivity contribution in [3.05, 3.63) is 60.7 Å². The van der Waals surface area contributed by atoms with Crippen molar-refractivity contribution >= 4 is 12.7 Å². The average Bonchev–Trinajstić information content (AvgIpc) is 2.31. The fourth-order valence-corrected chi connectivity index (χ4v) is 2.78. The molecule has 0 amide bonds. The number of benzene rings is 2. The second kappa shape index (κ2) is 4.54. The minimum absolute atomic E-state index is 0.636. The Kier molecular flexibility index (Phi) is 3.12. The Morgan fingerprint density at radius 3 is 1.94 bits per heavy atom. The Balaban J connectivity index is 2.25. The van der Waals surface area contributed by atoms with E-state index in [-0.39, 0.29) is 0 Å². The Morgan fingerprint density at radius 2 is 1.38 bits per heavy atom. The Hall–Kier alpha value is -1.53. The summed E-state index contributed by atoms with van der Waals surface area (Å²) in [7, 11) is -2.77. The maximum absolute atomic E-state index is 12.4. The number of para-hydroxylation sites is 1. The number of hydrogen-bond acceptors (Lipinski definition) is 2. The van der Waals surface area contributed by atoms with Crippen LogP contribution in [0, 0.1) is 0 Å². The van der Waals surface area contributed by atoms with E-state index in [4.69, 9.17) is 4.52 Å². The van der Waals surface area contributed by atoms with E-state index in [0.29, 0.717) is 5.75 Å². The molecule has 0 saturated heterocycles. The van der Waals surface area contributed by atoms with E-state index in [0.717, 1.165) is 5.30 Å². The lowest BCUT2D eigenvalue weighted by Gasteiger charge is -2.15. The highest BCUT2D eigenvalue weighted by molar-refractivity contribution is 7.66. The van der Waals surface area contributed by atoms with Gasteiger partial charge >= 0.3 is 0 Å². The van der Waals surface area contributed by atoms with Gasteiger partial charge in [-0.15, -0.1) is 0 Å². The van der Waals surface area contributed by atoms with Crippen LogP contribution in [-0.2, 0) is 4.57 Å². The van der Waals surface area contributed by atoms with Crippen LogP contribution < -0.4 is 9.83 Å². The molecule has 1 atom stereocenters. The van der Waals surface area contributed by atoms with Crippen LogP contribution >= 0.6 is 7.37 Å². The van der Waals surface area contributed by atoms with Crippen LogP contribution in [0.1, 0.15) is 0 Å². The maximum Gasteiger partial charge on any atom is 0.274 e. The molecule has 0 spiro atoms. The van der Waals surface area contributed by atoms with Crippen molar-refractivity contribution in [2.24, 2.45) is 0 Å². The van der Waals surface area contributed by atoms with Crippen molar-refractivity contribution in [3.63, 3.8) is 0 Å². The first-order chi connectivity index (χ1) is 7.68. The largest absolute Gasteiger partial charge is 0.440 e. The van der Waals surface area contributed by atoms with Crippen molar-refractivity contribution in [3.8, 4) is 5.75 Å². The first-order valence-corrected chi connectivity index (χ1v) is 7.13. The molecular weight excluding hydrogens is 219 g/mol. The fourth-order valence-electron chi connectivity index (χ4n) is 1.43. The van der Waals surface area contributed by atoms with Gasteiger partial charge in [0.1, 0.15) is 5.75 Å². The minimum atomic E-state index is -2.77. The molecule has 2 nitrogen and oxygen atoms in total. The van der Waals surface area contributed by atoms with Crippen molar-refractivity contribution in [2.45, 2.75) is 0 Å². The van der Waals surface area contributed by atoms with E-state index in [1.165, 1.54) is 0 Å². The molecule has 0 radical (unpaired) electrons. The van der Waals surface area contributed by atoms with Crippen molar-refractivity contribution in [2.75, 3.05) is 6.66 Å². The lowest BCUT2D eigenvalue weighted by Crippen LogP contribution is -2.07. The molecule has 0 aliphatic carbocycles. The van der Waals surface area contributed by atoms with Gasteiger partial charge < -0.3 is 4.52 Å². The van der Waals surface area contributed by atoms with Gasteiger partial charge in [0.2, 0.25) is 0 Å².